The first-order chi connectivity index (χ1) is 9.38. The van der Waals surface area contributed by atoms with Crippen molar-refractivity contribution >= 4 is 0 Å². The van der Waals surface area contributed by atoms with Gasteiger partial charge in [0.2, 0.25) is 0 Å². The third-order valence-electron chi connectivity index (χ3n) is 4.46. The Morgan fingerprint density at radius 3 is 2.53 bits per heavy atom. The van der Waals surface area contributed by atoms with Gasteiger partial charge in [-0.05, 0) is 38.0 Å². The van der Waals surface area contributed by atoms with Crippen LogP contribution in [0, 0.1) is 5.92 Å². The Morgan fingerprint density at radius 1 is 1.11 bits per heavy atom. The van der Waals surface area contributed by atoms with E-state index in [1.807, 2.05) is 0 Å². The van der Waals surface area contributed by atoms with Crippen LogP contribution in [0.4, 0.5) is 0 Å². The van der Waals surface area contributed by atoms with Gasteiger partial charge in [0.05, 0.1) is 13.2 Å². The molecule has 2 aliphatic rings. The SMILES string of the molecule is CCCCCC1CCC(=CCC2OCCCO2)CC1. The first kappa shape index (κ1) is 15.1. The second-order valence-electron chi connectivity index (χ2n) is 6.06. The van der Waals surface area contributed by atoms with Crippen molar-refractivity contribution in [3.63, 3.8) is 0 Å². The molecule has 0 aromatic heterocycles. The highest BCUT2D eigenvalue weighted by Crippen LogP contribution is 2.32. The normalized spacial score (nSPS) is 25.5. The van der Waals surface area contributed by atoms with Crippen molar-refractivity contribution in [3.05, 3.63) is 11.6 Å². The highest BCUT2D eigenvalue weighted by Gasteiger charge is 2.17. The second kappa shape index (κ2) is 8.76. The molecule has 1 heterocycles. The standard InChI is InChI=1S/C17H30O2/c1-2-3-4-6-15-7-9-16(10-8-15)11-12-17-18-13-5-14-19-17/h11,15,17H,2-10,12-14H2,1H3. The summed E-state index contributed by atoms with van der Waals surface area (Å²) in [6.45, 7) is 4.03. The molecule has 2 heteroatoms. The van der Waals surface area contributed by atoms with Gasteiger partial charge in [-0.2, -0.15) is 0 Å². The quantitative estimate of drug-likeness (QED) is 0.506. The molecule has 0 unspecified atom stereocenters. The number of hydrogen-bond donors (Lipinski definition) is 0. The average Bonchev–Trinajstić information content (AvgIpc) is 2.48. The lowest BCUT2D eigenvalue weighted by atomic mass is 9.82. The summed E-state index contributed by atoms with van der Waals surface area (Å²) in [5, 5.41) is 0. The zero-order valence-electron chi connectivity index (χ0n) is 12.5. The Balaban J connectivity index is 1.61. The van der Waals surface area contributed by atoms with Crippen molar-refractivity contribution in [2.75, 3.05) is 13.2 Å². The lowest BCUT2D eigenvalue weighted by Crippen LogP contribution is -2.24. The minimum atomic E-state index is 0.0310. The molecular weight excluding hydrogens is 236 g/mol. The molecule has 0 bridgehead atoms. The highest BCUT2D eigenvalue weighted by atomic mass is 16.7. The van der Waals surface area contributed by atoms with E-state index in [4.69, 9.17) is 9.47 Å². The van der Waals surface area contributed by atoms with Crippen LogP contribution < -0.4 is 0 Å². The lowest BCUT2D eigenvalue weighted by Gasteiger charge is -2.25. The summed E-state index contributed by atoms with van der Waals surface area (Å²) in [7, 11) is 0. The second-order valence-corrected chi connectivity index (χ2v) is 6.06. The van der Waals surface area contributed by atoms with Crippen LogP contribution in [0.15, 0.2) is 11.6 Å². The van der Waals surface area contributed by atoms with Crippen molar-refractivity contribution in [3.8, 4) is 0 Å². The minimum Gasteiger partial charge on any atom is -0.352 e. The van der Waals surface area contributed by atoms with Crippen molar-refractivity contribution in [2.45, 2.75) is 77.4 Å². The van der Waals surface area contributed by atoms with Gasteiger partial charge in [0.15, 0.2) is 6.29 Å². The fraction of sp³-hybridized carbons (Fsp3) is 0.882. The van der Waals surface area contributed by atoms with Gasteiger partial charge in [0.25, 0.3) is 0 Å². The molecule has 19 heavy (non-hydrogen) atoms. The molecular formula is C17H30O2. The summed E-state index contributed by atoms with van der Waals surface area (Å²) in [6.07, 6.45) is 15.5. The molecule has 1 saturated heterocycles. The van der Waals surface area contributed by atoms with Crippen LogP contribution in [0.5, 0.6) is 0 Å². The number of rotatable bonds is 6. The Bertz CT molecular complexity index is 256. The maximum absolute atomic E-state index is 5.59. The van der Waals surface area contributed by atoms with Gasteiger partial charge in [0.1, 0.15) is 0 Å². The topological polar surface area (TPSA) is 18.5 Å². The average molecular weight is 266 g/mol. The van der Waals surface area contributed by atoms with E-state index in [0.717, 1.165) is 32.0 Å². The molecule has 0 amide bonds. The minimum absolute atomic E-state index is 0.0310. The fourth-order valence-electron chi connectivity index (χ4n) is 3.16. The molecule has 0 atom stereocenters. The summed E-state index contributed by atoms with van der Waals surface area (Å²) in [6, 6.07) is 0. The summed E-state index contributed by atoms with van der Waals surface area (Å²) in [5.41, 5.74) is 1.64. The van der Waals surface area contributed by atoms with Gasteiger partial charge >= 0.3 is 0 Å². The van der Waals surface area contributed by atoms with Crippen molar-refractivity contribution < 1.29 is 9.47 Å². The maximum Gasteiger partial charge on any atom is 0.160 e. The van der Waals surface area contributed by atoms with Crippen molar-refractivity contribution in [1.82, 2.24) is 0 Å². The summed E-state index contributed by atoms with van der Waals surface area (Å²) in [4.78, 5) is 0. The molecule has 1 aliphatic heterocycles. The van der Waals surface area contributed by atoms with E-state index in [9.17, 15) is 0 Å². The van der Waals surface area contributed by atoms with E-state index in [-0.39, 0.29) is 6.29 Å². The lowest BCUT2D eigenvalue weighted by molar-refractivity contribution is -0.175. The van der Waals surface area contributed by atoms with Gasteiger partial charge in [-0.3, -0.25) is 0 Å². The molecule has 0 N–H and O–H groups in total. The molecule has 0 radical (unpaired) electrons. The molecule has 2 rings (SSSR count). The van der Waals surface area contributed by atoms with Crippen molar-refractivity contribution in [2.24, 2.45) is 5.92 Å². The van der Waals surface area contributed by atoms with E-state index < -0.39 is 0 Å². The van der Waals surface area contributed by atoms with E-state index >= 15 is 0 Å². The van der Waals surface area contributed by atoms with Gasteiger partial charge in [-0.25, -0.2) is 0 Å². The molecule has 0 aromatic carbocycles. The number of unbranched alkanes of at least 4 members (excludes halogenated alkanes) is 2. The van der Waals surface area contributed by atoms with Gasteiger partial charge in [0, 0.05) is 6.42 Å². The van der Waals surface area contributed by atoms with E-state index in [0.29, 0.717) is 0 Å². The van der Waals surface area contributed by atoms with E-state index in [1.54, 1.807) is 5.57 Å². The van der Waals surface area contributed by atoms with Gasteiger partial charge in [-0.15, -0.1) is 0 Å². The number of hydrogen-bond acceptors (Lipinski definition) is 2. The first-order valence-electron chi connectivity index (χ1n) is 8.29. The molecule has 1 aliphatic carbocycles. The summed E-state index contributed by atoms with van der Waals surface area (Å²) < 4.78 is 11.2. The predicted molar refractivity (Wildman–Crippen MR) is 79.1 cm³/mol. The maximum atomic E-state index is 5.59. The molecule has 2 nitrogen and oxygen atoms in total. The number of ether oxygens (including phenoxy) is 2. The monoisotopic (exact) mass is 266 g/mol. The Kier molecular flexibility index (Phi) is 6.94. The number of allylic oxidation sites excluding steroid dienone is 1. The molecule has 0 aromatic rings. The Hall–Kier alpha value is -0.340. The zero-order valence-corrected chi connectivity index (χ0v) is 12.5. The van der Waals surface area contributed by atoms with Gasteiger partial charge in [-0.1, -0.05) is 44.3 Å². The first-order valence-corrected chi connectivity index (χ1v) is 8.29. The van der Waals surface area contributed by atoms with Crippen LogP contribution in [0.25, 0.3) is 0 Å². The van der Waals surface area contributed by atoms with E-state index in [1.165, 1.54) is 51.4 Å². The molecule has 1 saturated carbocycles. The third-order valence-corrected chi connectivity index (χ3v) is 4.46. The fourth-order valence-corrected chi connectivity index (χ4v) is 3.16. The van der Waals surface area contributed by atoms with Crippen LogP contribution in [0.2, 0.25) is 0 Å². The van der Waals surface area contributed by atoms with Crippen LogP contribution in [0.3, 0.4) is 0 Å². The van der Waals surface area contributed by atoms with Crippen LogP contribution in [-0.2, 0) is 9.47 Å². The van der Waals surface area contributed by atoms with Crippen molar-refractivity contribution in [1.29, 1.82) is 0 Å². The highest BCUT2D eigenvalue weighted by molar-refractivity contribution is 5.05. The largest absolute Gasteiger partial charge is 0.352 e. The van der Waals surface area contributed by atoms with E-state index in [2.05, 4.69) is 13.0 Å². The zero-order chi connectivity index (χ0) is 13.3. The summed E-state index contributed by atoms with van der Waals surface area (Å²) in [5.74, 6) is 0.992. The van der Waals surface area contributed by atoms with Crippen LogP contribution in [0.1, 0.15) is 71.1 Å². The Labute approximate surface area is 118 Å². The van der Waals surface area contributed by atoms with Crippen LogP contribution >= 0.6 is 0 Å². The van der Waals surface area contributed by atoms with Gasteiger partial charge < -0.3 is 9.47 Å². The smallest absolute Gasteiger partial charge is 0.160 e. The molecule has 2 fully saturated rings. The third kappa shape index (κ3) is 5.66. The predicted octanol–water partition coefficient (Wildman–Crippen LogP) is 4.84. The van der Waals surface area contributed by atoms with Crippen LogP contribution in [-0.4, -0.2) is 19.5 Å². The molecule has 110 valence electrons. The summed E-state index contributed by atoms with van der Waals surface area (Å²) >= 11 is 0. The molecule has 0 spiro atoms. The Morgan fingerprint density at radius 2 is 1.84 bits per heavy atom.